The van der Waals surface area contributed by atoms with Crippen LogP contribution >= 0.6 is 0 Å². The maximum absolute atomic E-state index is 13.4. The minimum Gasteiger partial charge on any atom is -0.494 e. The number of para-hydroxylation sites is 1. The molecule has 384 valence electrons. The van der Waals surface area contributed by atoms with Gasteiger partial charge in [-0.15, -0.1) is 0 Å². The van der Waals surface area contributed by atoms with Gasteiger partial charge in [0.15, 0.2) is 0 Å². The first kappa shape index (κ1) is 49.5. The standard InChI is InChI=1S/C32H37N7O3.C22H24N6O4/c1-5-20-8-7-9-21(6-2)27(20)35-31(40)30-24-12-10-22-19-33-32(36-28(22)29(24)37-42-30)34-25-13-11-23(18-26(25)41-4)39-16-14-38(3)15-17-39;1-27-7-9-28(10-8-27)14-4-6-16(17(11-14)31-2)24-22-23-12-13-3-5-15-19(18(13)25-22)26-32-20(15)21(29)30/h7-9,11,13,18-19H,5-6,10,12,14-17H2,1-4H3,(H,35,40)(H,33,34,36);4,6,11-12H,3,5,7-10H2,1-2H3,(H,29,30)(H,23,24,25). The summed E-state index contributed by atoms with van der Waals surface area (Å²) in [5.74, 6) is 0.900. The van der Waals surface area contributed by atoms with Crippen molar-refractivity contribution in [3.63, 3.8) is 0 Å². The Hall–Kier alpha value is -8.10. The first-order chi connectivity index (χ1) is 36.0. The van der Waals surface area contributed by atoms with E-state index in [4.69, 9.17) is 23.5 Å². The highest BCUT2D eigenvalue weighted by Gasteiger charge is 2.32. The summed E-state index contributed by atoms with van der Waals surface area (Å²) in [5.41, 5.74) is 12.3. The van der Waals surface area contributed by atoms with Crippen LogP contribution in [0.4, 0.5) is 40.3 Å². The summed E-state index contributed by atoms with van der Waals surface area (Å²) in [5, 5.41) is 27.2. The van der Waals surface area contributed by atoms with Crippen LogP contribution in [0, 0.1) is 0 Å². The molecule has 74 heavy (non-hydrogen) atoms. The molecule has 1 amide bonds. The number of hydrogen-bond acceptors (Lipinski definition) is 18. The van der Waals surface area contributed by atoms with Crippen LogP contribution in [0.5, 0.6) is 11.5 Å². The van der Waals surface area contributed by atoms with Crippen LogP contribution in [0.2, 0.25) is 0 Å². The number of aryl methyl sites for hydroxylation is 4. The van der Waals surface area contributed by atoms with Crippen molar-refractivity contribution in [1.82, 2.24) is 40.0 Å². The molecule has 6 heterocycles. The van der Waals surface area contributed by atoms with E-state index in [0.29, 0.717) is 77.4 Å². The number of methoxy groups -OCH3 is 2. The Balaban J connectivity index is 0.000000175. The van der Waals surface area contributed by atoms with Gasteiger partial charge in [-0.3, -0.25) is 4.79 Å². The number of nitrogens with zero attached hydrogens (tertiary/aromatic N) is 10. The normalized spacial score (nSPS) is 15.2. The molecular weight excluding hydrogens is 943 g/mol. The van der Waals surface area contributed by atoms with E-state index in [-0.39, 0.29) is 17.4 Å². The van der Waals surface area contributed by atoms with Gasteiger partial charge in [0, 0.05) is 105 Å². The number of hydrogen-bond donors (Lipinski definition) is 4. The van der Waals surface area contributed by atoms with E-state index in [1.165, 1.54) is 0 Å². The average Bonchev–Trinajstić information content (AvgIpc) is 4.08. The minimum atomic E-state index is -1.13. The molecule has 0 spiro atoms. The number of carbonyl (C=O) groups is 2. The van der Waals surface area contributed by atoms with Gasteiger partial charge in [0.25, 0.3) is 5.91 Å². The van der Waals surface area contributed by atoms with Crippen molar-refractivity contribution in [2.75, 3.05) is 106 Å². The number of aromatic nitrogens is 6. The topological polar surface area (TPSA) is 225 Å². The van der Waals surface area contributed by atoms with Gasteiger partial charge in [-0.2, -0.15) is 0 Å². The number of ether oxygens (including phenoxy) is 2. The van der Waals surface area contributed by atoms with Gasteiger partial charge in [0.05, 0.1) is 25.6 Å². The van der Waals surface area contributed by atoms with Gasteiger partial charge in [-0.05, 0) is 99.1 Å². The third-order valence-corrected chi connectivity index (χ3v) is 14.3. The monoisotopic (exact) mass is 1000 g/mol. The number of likely N-dealkylation sites (N-methyl/N-ethyl adjacent to an activating group) is 2. The van der Waals surface area contributed by atoms with Crippen LogP contribution in [0.15, 0.2) is 76.0 Å². The Kier molecular flexibility index (Phi) is 14.4. The number of aromatic carboxylic acids is 1. The van der Waals surface area contributed by atoms with Crippen LogP contribution in [-0.2, 0) is 38.5 Å². The number of amides is 1. The summed E-state index contributed by atoms with van der Waals surface area (Å²) in [6.45, 7) is 12.2. The maximum atomic E-state index is 13.4. The Morgan fingerprint density at radius 1 is 0.622 bits per heavy atom. The van der Waals surface area contributed by atoms with Crippen LogP contribution in [0.25, 0.3) is 22.8 Å². The third kappa shape index (κ3) is 10.1. The van der Waals surface area contributed by atoms with E-state index in [1.807, 2.05) is 48.7 Å². The van der Waals surface area contributed by atoms with Crippen LogP contribution in [0.1, 0.15) is 68.3 Å². The van der Waals surface area contributed by atoms with Gasteiger partial charge in [0.2, 0.25) is 23.4 Å². The van der Waals surface area contributed by atoms with Crippen molar-refractivity contribution >= 4 is 52.2 Å². The number of rotatable bonds is 13. The molecule has 4 aliphatic rings. The quantitative estimate of drug-likeness (QED) is 0.0875. The molecule has 3 aromatic carbocycles. The van der Waals surface area contributed by atoms with Crippen LogP contribution < -0.4 is 35.2 Å². The van der Waals surface area contributed by atoms with Gasteiger partial charge >= 0.3 is 5.97 Å². The molecule has 2 aliphatic heterocycles. The molecule has 11 rings (SSSR count). The summed E-state index contributed by atoms with van der Waals surface area (Å²) in [6, 6.07) is 18.3. The maximum Gasteiger partial charge on any atom is 0.375 e. The summed E-state index contributed by atoms with van der Waals surface area (Å²) >= 11 is 0. The summed E-state index contributed by atoms with van der Waals surface area (Å²) in [4.78, 5) is 52.6. The number of fused-ring (bicyclic) bond motifs is 6. The lowest BCUT2D eigenvalue weighted by molar-refractivity contribution is 0.0650. The van der Waals surface area contributed by atoms with Crippen molar-refractivity contribution in [2.24, 2.45) is 0 Å². The smallest absolute Gasteiger partial charge is 0.375 e. The van der Waals surface area contributed by atoms with Crippen molar-refractivity contribution in [3.05, 3.63) is 112 Å². The number of carboxylic acids is 1. The third-order valence-electron chi connectivity index (χ3n) is 14.3. The Morgan fingerprint density at radius 3 is 1.53 bits per heavy atom. The molecule has 0 atom stereocenters. The second-order valence-electron chi connectivity index (χ2n) is 18.8. The average molecular weight is 1000 g/mol. The molecule has 0 radical (unpaired) electrons. The summed E-state index contributed by atoms with van der Waals surface area (Å²) < 4.78 is 22.1. The Bertz CT molecular complexity index is 3170. The molecule has 2 aliphatic carbocycles. The molecule has 4 aromatic heterocycles. The van der Waals surface area contributed by atoms with E-state index in [0.717, 1.165) is 121 Å². The lowest BCUT2D eigenvalue weighted by Gasteiger charge is -2.34. The number of carbonyl (C=O) groups excluding carboxylic acids is 1. The first-order valence-corrected chi connectivity index (χ1v) is 25.1. The Labute approximate surface area is 429 Å². The van der Waals surface area contributed by atoms with Crippen molar-refractivity contribution < 1.29 is 33.2 Å². The lowest BCUT2D eigenvalue weighted by Crippen LogP contribution is -2.44. The van der Waals surface area contributed by atoms with Gasteiger partial charge in [-0.25, -0.2) is 24.7 Å². The molecule has 0 bridgehead atoms. The minimum absolute atomic E-state index is 0.125. The van der Waals surface area contributed by atoms with E-state index >= 15 is 0 Å². The summed E-state index contributed by atoms with van der Waals surface area (Å²) in [7, 11) is 7.58. The number of carboxylic acid groups (broad SMARTS) is 1. The van der Waals surface area contributed by atoms with Crippen molar-refractivity contribution in [2.45, 2.75) is 52.4 Å². The zero-order chi connectivity index (χ0) is 51.5. The first-order valence-electron chi connectivity index (χ1n) is 25.1. The molecule has 0 saturated carbocycles. The highest BCUT2D eigenvalue weighted by molar-refractivity contribution is 6.05. The van der Waals surface area contributed by atoms with Crippen LogP contribution in [-0.4, -0.2) is 138 Å². The molecular formula is C54H61N13O7. The number of nitrogens with one attached hydrogen (secondary N) is 3. The fraction of sp³-hybridized carbons (Fsp3) is 0.370. The fourth-order valence-corrected chi connectivity index (χ4v) is 9.93. The highest BCUT2D eigenvalue weighted by atomic mass is 16.5. The summed E-state index contributed by atoms with van der Waals surface area (Å²) in [6.07, 6.45) is 7.69. The largest absolute Gasteiger partial charge is 0.494 e. The van der Waals surface area contributed by atoms with Gasteiger partial charge in [0.1, 0.15) is 34.3 Å². The number of piperazine rings is 2. The predicted octanol–water partition coefficient (Wildman–Crippen LogP) is 7.54. The molecule has 2 saturated heterocycles. The second-order valence-corrected chi connectivity index (χ2v) is 18.8. The van der Waals surface area contributed by atoms with E-state index in [2.05, 4.69) is 101 Å². The fourth-order valence-electron chi connectivity index (χ4n) is 9.93. The lowest BCUT2D eigenvalue weighted by atomic mass is 9.93. The molecule has 4 N–H and O–H groups in total. The van der Waals surface area contributed by atoms with E-state index in [1.54, 1.807) is 20.4 Å². The van der Waals surface area contributed by atoms with E-state index in [9.17, 15) is 14.7 Å². The van der Waals surface area contributed by atoms with Crippen molar-refractivity contribution in [1.29, 1.82) is 0 Å². The Morgan fingerprint density at radius 2 is 1.08 bits per heavy atom. The second kappa shape index (κ2) is 21.5. The zero-order valence-corrected chi connectivity index (χ0v) is 42.6. The van der Waals surface area contributed by atoms with Gasteiger partial charge < -0.3 is 59.2 Å². The number of anilines is 7. The van der Waals surface area contributed by atoms with Crippen molar-refractivity contribution in [3.8, 4) is 34.3 Å². The predicted molar refractivity (Wildman–Crippen MR) is 282 cm³/mol. The SMILES string of the molecule is CCc1cccc(CC)c1NC(=O)c1onc2c1CCc1cnc(Nc3ccc(N4CCN(C)CC4)cc3OC)nc1-2.COc1cc(N2CCN(C)CC2)ccc1Nc1ncc2c(n1)-c1noc(C(=O)O)c1CC2. The van der Waals surface area contributed by atoms with E-state index < -0.39 is 5.97 Å². The van der Waals surface area contributed by atoms with Crippen LogP contribution in [0.3, 0.4) is 0 Å². The zero-order valence-electron chi connectivity index (χ0n) is 42.6. The molecule has 7 aromatic rings. The molecule has 20 heteroatoms. The molecule has 20 nitrogen and oxygen atoms in total. The molecule has 2 fully saturated rings. The van der Waals surface area contributed by atoms with Gasteiger partial charge in [-0.1, -0.05) is 42.4 Å². The number of benzene rings is 3. The molecule has 0 unspecified atom stereocenters. The highest BCUT2D eigenvalue weighted by Crippen LogP contribution is 2.38.